The van der Waals surface area contributed by atoms with E-state index in [1.165, 1.54) is 0 Å². The van der Waals surface area contributed by atoms with Crippen LogP contribution in [0.15, 0.2) is 48.5 Å². The molecular weight excluding hydrogens is 350 g/mol. The van der Waals surface area contributed by atoms with Crippen LogP contribution in [0.4, 0.5) is 0 Å². The first-order valence-corrected chi connectivity index (χ1v) is 9.91. The van der Waals surface area contributed by atoms with Crippen LogP contribution in [0.3, 0.4) is 0 Å². The van der Waals surface area contributed by atoms with Crippen LogP contribution in [0.25, 0.3) is 10.9 Å². The number of aromatic amines is 1. The molecule has 1 aromatic heterocycles. The summed E-state index contributed by atoms with van der Waals surface area (Å²) in [5.41, 5.74) is 4.90. The molecule has 0 bridgehead atoms. The molecule has 2 aliphatic heterocycles. The van der Waals surface area contributed by atoms with E-state index in [0.29, 0.717) is 12.0 Å². The predicted octanol–water partition coefficient (Wildman–Crippen LogP) is 3.55. The Labute approximate surface area is 163 Å². The zero-order valence-corrected chi connectivity index (χ0v) is 16.0. The number of amides is 2. The molecule has 0 fully saturated rings. The average molecular weight is 373 g/mol. The Morgan fingerprint density at radius 2 is 1.96 bits per heavy atom. The highest BCUT2D eigenvalue weighted by atomic mass is 16.2. The van der Waals surface area contributed by atoms with Gasteiger partial charge in [0.2, 0.25) is 5.91 Å². The van der Waals surface area contributed by atoms with E-state index in [1.54, 1.807) is 4.90 Å². The lowest BCUT2D eigenvalue weighted by molar-refractivity contribution is -0.127. The molecule has 3 heterocycles. The Balaban J connectivity index is 1.69. The van der Waals surface area contributed by atoms with Gasteiger partial charge in [0.05, 0.1) is 6.04 Å². The first-order chi connectivity index (χ1) is 13.6. The number of para-hydroxylation sites is 1. The minimum Gasteiger partial charge on any atom is -0.356 e. The first kappa shape index (κ1) is 17.0. The number of nitrogens with one attached hydrogen (secondary N) is 2. The van der Waals surface area contributed by atoms with Crippen LogP contribution in [-0.2, 0) is 11.2 Å². The normalized spacial score (nSPS) is 21.2. The van der Waals surface area contributed by atoms with E-state index < -0.39 is 6.04 Å². The van der Waals surface area contributed by atoms with Gasteiger partial charge in [0.1, 0.15) is 6.04 Å². The van der Waals surface area contributed by atoms with Gasteiger partial charge in [-0.25, -0.2) is 0 Å². The van der Waals surface area contributed by atoms with Gasteiger partial charge in [-0.1, -0.05) is 43.3 Å². The van der Waals surface area contributed by atoms with Gasteiger partial charge >= 0.3 is 0 Å². The Bertz CT molecular complexity index is 1100. The molecule has 3 atom stereocenters. The van der Waals surface area contributed by atoms with Crippen LogP contribution in [0, 0.1) is 0 Å². The number of benzene rings is 2. The van der Waals surface area contributed by atoms with Crippen molar-refractivity contribution in [2.45, 2.75) is 44.8 Å². The van der Waals surface area contributed by atoms with Crippen molar-refractivity contribution in [2.24, 2.45) is 0 Å². The number of carbonyl (C=O) groups excluding carboxylic acids is 2. The Kier molecular flexibility index (Phi) is 3.79. The number of nitrogens with zero attached hydrogens (tertiary/aromatic N) is 1. The predicted molar refractivity (Wildman–Crippen MR) is 108 cm³/mol. The monoisotopic (exact) mass is 373 g/mol. The molecule has 2 amide bonds. The van der Waals surface area contributed by atoms with E-state index in [4.69, 9.17) is 0 Å². The SMILES string of the molecule is CC[C@H](C)NC(=O)[C@H]1Cc2c([nH]c3ccccc23)[C@H]2c3ccccc3C(=O)N21. The van der Waals surface area contributed by atoms with Crippen molar-refractivity contribution in [2.75, 3.05) is 0 Å². The molecule has 5 rings (SSSR count). The van der Waals surface area contributed by atoms with E-state index in [9.17, 15) is 9.59 Å². The lowest BCUT2D eigenvalue weighted by atomic mass is 9.90. The highest BCUT2D eigenvalue weighted by molar-refractivity contribution is 6.03. The Hall–Kier alpha value is -3.08. The summed E-state index contributed by atoms with van der Waals surface area (Å²) in [6, 6.07) is 15.2. The lowest BCUT2D eigenvalue weighted by Crippen LogP contribution is -2.53. The van der Waals surface area contributed by atoms with Crippen molar-refractivity contribution in [1.29, 1.82) is 0 Å². The molecule has 0 unspecified atom stereocenters. The number of aromatic nitrogens is 1. The summed E-state index contributed by atoms with van der Waals surface area (Å²) < 4.78 is 0. The van der Waals surface area contributed by atoms with Crippen molar-refractivity contribution in [3.8, 4) is 0 Å². The fourth-order valence-corrected chi connectivity index (χ4v) is 4.58. The molecule has 0 saturated carbocycles. The second-order valence-electron chi connectivity index (χ2n) is 7.80. The number of hydrogen-bond acceptors (Lipinski definition) is 2. The zero-order valence-electron chi connectivity index (χ0n) is 16.0. The standard InChI is InChI=1S/C23H23N3O2/c1-3-13(2)24-22(27)19-12-17-14-8-6-7-11-18(14)25-20(17)21-15-9-4-5-10-16(15)23(28)26(19)21/h4-11,13,19,21,25H,3,12H2,1-2H3,(H,24,27)/t13-,19+,21+/m0/s1. The maximum absolute atomic E-state index is 13.3. The minimum absolute atomic E-state index is 0.0609. The largest absolute Gasteiger partial charge is 0.356 e. The molecular formula is C23H23N3O2. The smallest absolute Gasteiger partial charge is 0.255 e. The number of rotatable bonds is 3. The number of H-pyrrole nitrogens is 1. The van der Waals surface area contributed by atoms with Gasteiger partial charge in [-0.15, -0.1) is 0 Å². The van der Waals surface area contributed by atoms with Gasteiger partial charge in [-0.3, -0.25) is 9.59 Å². The van der Waals surface area contributed by atoms with Crippen molar-refractivity contribution in [3.63, 3.8) is 0 Å². The maximum Gasteiger partial charge on any atom is 0.255 e. The summed E-state index contributed by atoms with van der Waals surface area (Å²) in [5, 5.41) is 4.22. The zero-order chi connectivity index (χ0) is 19.4. The second-order valence-corrected chi connectivity index (χ2v) is 7.80. The third kappa shape index (κ3) is 2.32. The molecule has 0 aliphatic carbocycles. The molecule has 5 nitrogen and oxygen atoms in total. The Morgan fingerprint density at radius 3 is 2.79 bits per heavy atom. The summed E-state index contributed by atoms with van der Waals surface area (Å²) >= 11 is 0. The summed E-state index contributed by atoms with van der Waals surface area (Å²) in [6.45, 7) is 4.04. The Morgan fingerprint density at radius 1 is 1.21 bits per heavy atom. The van der Waals surface area contributed by atoms with Crippen molar-refractivity contribution in [1.82, 2.24) is 15.2 Å². The molecule has 28 heavy (non-hydrogen) atoms. The molecule has 3 aromatic rings. The van der Waals surface area contributed by atoms with E-state index in [1.807, 2.05) is 50.2 Å². The van der Waals surface area contributed by atoms with E-state index >= 15 is 0 Å². The fraction of sp³-hybridized carbons (Fsp3) is 0.304. The lowest BCUT2D eigenvalue weighted by Gasteiger charge is -2.37. The number of carbonyl (C=O) groups is 2. The van der Waals surface area contributed by atoms with Crippen LogP contribution >= 0.6 is 0 Å². The van der Waals surface area contributed by atoms with E-state index in [2.05, 4.69) is 22.4 Å². The minimum atomic E-state index is -0.509. The third-order valence-corrected chi connectivity index (χ3v) is 6.16. The molecule has 2 aromatic carbocycles. The maximum atomic E-state index is 13.3. The molecule has 0 saturated heterocycles. The van der Waals surface area contributed by atoms with Crippen molar-refractivity contribution in [3.05, 3.63) is 70.9 Å². The molecule has 0 spiro atoms. The van der Waals surface area contributed by atoms with Gasteiger partial charge in [0.15, 0.2) is 0 Å². The summed E-state index contributed by atoms with van der Waals surface area (Å²) in [4.78, 5) is 31.7. The van der Waals surface area contributed by atoms with Gasteiger partial charge in [0.25, 0.3) is 5.91 Å². The van der Waals surface area contributed by atoms with Crippen LogP contribution < -0.4 is 5.32 Å². The van der Waals surface area contributed by atoms with Gasteiger partial charge in [-0.05, 0) is 36.6 Å². The molecule has 5 heteroatoms. The highest BCUT2D eigenvalue weighted by Crippen LogP contribution is 2.46. The van der Waals surface area contributed by atoms with E-state index in [0.717, 1.165) is 34.1 Å². The first-order valence-electron chi connectivity index (χ1n) is 9.91. The summed E-state index contributed by atoms with van der Waals surface area (Å²) in [7, 11) is 0. The molecule has 2 aliphatic rings. The average Bonchev–Trinajstić information content (AvgIpc) is 3.23. The summed E-state index contributed by atoms with van der Waals surface area (Å²) in [6.07, 6.45) is 1.38. The fourth-order valence-electron chi connectivity index (χ4n) is 4.58. The second kappa shape index (κ2) is 6.23. The highest BCUT2D eigenvalue weighted by Gasteiger charge is 2.48. The third-order valence-electron chi connectivity index (χ3n) is 6.16. The van der Waals surface area contributed by atoms with Crippen molar-refractivity contribution >= 4 is 22.7 Å². The van der Waals surface area contributed by atoms with Crippen LogP contribution in [-0.4, -0.2) is 33.8 Å². The van der Waals surface area contributed by atoms with E-state index in [-0.39, 0.29) is 23.9 Å². The van der Waals surface area contributed by atoms with Crippen LogP contribution in [0.5, 0.6) is 0 Å². The number of hydrogen-bond donors (Lipinski definition) is 2. The van der Waals surface area contributed by atoms with Gasteiger partial charge < -0.3 is 15.2 Å². The quantitative estimate of drug-likeness (QED) is 0.737. The summed E-state index contributed by atoms with van der Waals surface area (Å²) in [5.74, 6) is -0.134. The molecule has 142 valence electrons. The van der Waals surface area contributed by atoms with Crippen LogP contribution in [0.2, 0.25) is 0 Å². The van der Waals surface area contributed by atoms with Crippen molar-refractivity contribution < 1.29 is 9.59 Å². The molecule has 0 radical (unpaired) electrons. The topological polar surface area (TPSA) is 65.2 Å². The molecule has 2 N–H and O–H groups in total. The van der Waals surface area contributed by atoms with Gasteiger partial charge in [-0.2, -0.15) is 0 Å². The van der Waals surface area contributed by atoms with Crippen LogP contribution in [0.1, 0.15) is 53.5 Å². The number of fused-ring (bicyclic) bond motifs is 7. The van der Waals surface area contributed by atoms with Gasteiger partial charge in [0, 0.05) is 34.6 Å².